The summed E-state index contributed by atoms with van der Waals surface area (Å²) in [5.41, 5.74) is 2.17. The summed E-state index contributed by atoms with van der Waals surface area (Å²) in [5, 5.41) is 1.05. The quantitative estimate of drug-likeness (QED) is 0.793. The van der Waals surface area contributed by atoms with Crippen LogP contribution in [0.5, 0.6) is 11.5 Å². The molecule has 1 aliphatic rings. The molecule has 1 aliphatic heterocycles. The minimum Gasteiger partial charge on any atom is -0.497 e. The van der Waals surface area contributed by atoms with Crippen LogP contribution in [-0.4, -0.2) is 18.2 Å². The van der Waals surface area contributed by atoms with E-state index in [0.29, 0.717) is 6.10 Å². The highest BCUT2D eigenvalue weighted by atomic mass is 16.5. The first kappa shape index (κ1) is 10.4. The van der Waals surface area contributed by atoms with E-state index in [1.165, 1.54) is 5.56 Å². The fraction of sp³-hybridized carbons (Fsp3) is 0.357. The molecule has 3 heteroatoms. The molecule has 0 fully saturated rings. The van der Waals surface area contributed by atoms with Crippen molar-refractivity contribution >= 4 is 10.9 Å². The van der Waals surface area contributed by atoms with Crippen LogP contribution in [0.15, 0.2) is 24.4 Å². The fourth-order valence-electron chi connectivity index (χ4n) is 2.28. The van der Waals surface area contributed by atoms with E-state index in [2.05, 4.69) is 11.9 Å². The van der Waals surface area contributed by atoms with E-state index in [9.17, 15) is 0 Å². The smallest absolute Gasteiger partial charge is 0.134 e. The van der Waals surface area contributed by atoms with Gasteiger partial charge < -0.3 is 9.47 Å². The first-order chi connectivity index (χ1) is 8.31. The van der Waals surface area contributed by atoms with Gasteiger partial charge in [0.2, 0.25) is 0 Å². The second-order valence-electron chi connectivity index (χ2n) is 4.35. The molecule has 0 amide bonds. The molecule has 0 N–H and O–H groups in total. The molecule has 0 saturated heterocycles. The fourth-order valence-corrected chi connectivity index (χ4v) is 2.28. The Morgan fingerprint density at radius 2 is 2.35 bits per heavy atom. The van der Waals surface area contributed by atoms with Gasteiger partial charge in [0.1, 0.15) is 17.6 Å². The van der Waals surface area contributed by atoms with E-state index in [0.717, 1.165) is 35.2 Å². The van der Waals surface area contributed by atoms with Crippen LogP contribution in [0.2, 0.25) is 0 Å². The van der Waals surface area contributed by atoms with Gasteiger partial charge in [-0.15, -0.1) is 0 Å². The summed E-state index contributed by atoms with van der Waals surface area (Å²) < 4.78 is 11.2. The van der Waals surface area contributed by atoms with E-state index in [-0.39, 0.29) is 0 Å². The number of aromatic nitrogens is 1. The average Bonchev–Trinajstić information content (AvgIpc) is 2.81. The third kappa shape index (κ3) is 1.62. The Bertz CT molecular complexity index is 565. The number of pyridine rings is 1. The molecular formula is C14H15NO2. The van der Waals surface area contributed by atoms with Crippen molar-refractivity contribution in [2.24, 2.45) is 0 Å². The van der Waals surface area contributed by atoms with Crippen LogP contribution >= 0.6 is 0 Å². The van der Waals surface area contributed by atoms with Crippen LogP contribution in [0.25, 0.3) is 10.9 Å². The Kier molecular flexibility index (Phi) is 2.39. The van der Waals surface area contributed by atoms with Crippen LogP contribution in [0.4, 0.5) is 0 Å². The number of rotatable bonds is 2. The van der Waals surface area contributed by atoms with Crippen molar-refractivity contribution in [3.63, 3.8) is 0 Å². The standard InChI is InChI=1S/C14H15NO2/c1-3-10-6-9-8-15-13-5-4-11(16-2)7-12(13)14(9)17-10/h4-5,7-8,10H,3,6H2,1-2H3. The number of nitrogens with zero attached hydrogens (tertiary/aromatic N) is 1. The molecule has 1 atom stereocenters. The maximum Gasteiger partial charge on any atom is 0.134 e. The molecule has 2 aromatic rings. The molecule has 1 aromatic heterocycles. The first-order valence-electron chi connectivity index (χ1n) is 5.94. The predicted octanol–water partition coefficient (Wildman–Crippen LogP) is 2.96. The molecule has 0 spiro atoms. The van der Waals surface area contributed by atoms with Gasteiger partial charge in [0.15, 0.2) is 0 Å². The number of fused-ring (bicyclic) bond motifs is 3. The van der Waals surface area contributed by atoms with Gasteiger partial charge in [-0.05, 0) is 24.6 Å². The Morgan fingerprint density at radius 3 is 3.12 bits per heavy atom. The molecule has 1 aromatic carbocycles. The molecule has 3 rings (SSSR count). The Balaban J connectivity index is 2.18. The van der Waals surface area contributed by atoms with Crippen LogP contribution < -0.4 is 9.47 Å². The number of benzene rings is 1. The highest BCUT2D eigenvalue weighted by Gasteiger charge is 2.24. The maximum atomic E-state index is 5.97. The molecule has 3 nitrogen and oxygen atoms in total. The molecule has 1 unspecified atom stereocenters. The number of hydrogen-bond acceptors (Lipinski definition) is 3. The summed E-state index contributed by atoms with van der Waals surface area (Å²) in [5.74, 6) is 1.83. The lowest BCUT2D eigenvalue weighted by Gasteiger charge is -2.09. The molecule has 2 heterocycles. The summed E-state index contributed by atoms with van der Waals surface area (Å²) >= 11 is 0. The second-order valence-corrected chi connectivity index (χ2v) is 4.35. The van der Waals surface area contributed by atoms with E-state index < -0.39 is 0 Å². The van der Waals surface area contributed by atoms with Crippen molar-refractivity contribution in [1.82, 2.24) is 4.98 Å². The van der Waals surface area contributed by atoms with Crippen molar-refractivity contribution < 1.29 is 9.47 Å². The van der Waals surface area contributed by atoms with Gasteiger partial charge in [-0.3, -0.25) is 4.98 Å². The molecule has 0 bridgehead atoms. The lowest BCUT2D eigenvalue weighted by molar-refractivity contribution is 0.230. The maximum absolute atomic E-state index is 5.97. The summed E-state index contributed by atoms with van der Waals surface area (Å²) in [6.07, 6.45) is 4.22. The molecule has 0 aliphatic carbocycles. The van der Waals surface area contributed by atoms with Gasteiger partial charge in [-0.25, -0.2) is 0 Å². The van der Waals surface area contributed by atoms with Crippen LogP contribution in [-0.2, 0) is 6.42 Å². The first-order valence-corrected chi connectivity index (χ1v) is 5.94. The highest BCUT2D eigenvalue weighted by molar-refractivity contribution is 5.88. The van der Waals surface area contributed by atoms with Crippen LogP contribution in [0, 0.1) is 0 Å². The van der Waals surface area contributed by atoms with Crippen LogP contribution in [0.3, 0.4) is 0 Å². The lowest BCUT2D eigenvalue weighted by atomic mass is 10.1. The zero-order valence-corrected chi connectivity index (χ0v) is 10.1. The number of ether oxygens (including phenoxy) is 2. The third-order valence-electron chi connectivity index (χ3n) is 3.29. The van der Waals surface area contributed by atoms with Gasteiger partial charge in [-0.2, -0.15) is 0 Å². The number of methoxy groups -OCH3 is 1. The van der Waals surface area contributed by atoms with Crippen LogP contribution in [0.1, 0.15) is 18.9 Å². The Labute approximate surface area is 100 Å². The van der Waals surface area contributed by atoms with Gasteiger partial charge in [0, 0.05) is 23.6 Å². The molecule has 88 valence electrons. The van der Waals surface area contributed by atoms with E-state index in [1.807, 2.05) is 24.4 Å². The predicted molar refractivity (Wildman–Crippen MR) is 66.7 cm³/mol. The molecule has 0 saturated carbocycles. The minimum atomic E-state index is 0.295. The molecular weight excluding hydrogens is 214 g/mol. The third-order valence-corrected chi connectivity index (χ3v) is 3.29. The van der Waals surface area contributed by atoms with Crippen molar-refractivity contribution in [2.75, 3.05) is 7.11 Å². The minimum absolute atomic E-state index is 0.295. The van der Waals surface area contributed by atoms with E-state index in [1.54, 1.807) is 7.11 Å². The largest absolute Gasteiger partial charge is 0.497 e. The van der Waals surface area contributed by atoms with Crippen molar-refractivity contribution in [3.8, 4) is 11.5 Å². The molecule has 0 radical (unpaired) electrons. The van der Waals surface area contributed by atoms with Gasteiger partial charge in [0.05, 0.1) is 12.6 Å². The Hall–Kier alpha value is -1.77. The van der Waals surface area contributed by atoms with Crippen molar-refractivity contribution in [2.45, 2.75) is 25.9 Å². The lowest BCUT2D eigenvalue weighted by Crippen LogP contribution is -2.10. The van der Waals surface area contributed by atoms with E-state index in [4.69, 9.17) is 9.47 Å². The zero-order chi connectivity index (χ0) is 11.8. The second kappa shape index (κ2) is 3.91. The van der Waals surface area contributed by atoms with Crippen molar-refractivity contribution in [3.05, 3.63) is 30.0 Å². The SMILES string of the molecule is CCC1Cc2cnc3ccc(OC)cc3c2O1. The van der Waals surface area contributed by atoms with Gasteiger partial charge >= 0.3 is 0 Å². The topological polar surface area (TPSA) is 31.4 Å². The van der Waals surface area contributed by atoms with E-state index >= 15 is 0 Å². The highest BCUT2D eigenvalue weighted by Crippen LogP contribution is 2.37. The normalized spacial score (nSPS) is 17.9. The molecule has 17 heavy (non-hydrogen) atoms. The average molecular weight is 229 g/mol. The summed E-state index contributed by atoms with van der Waals surface area (Å²) in [7, 11) is 1.67. The Morgan fingerprint density at radius 1 is 1.47 bits per heavy atom. The summed E-state index contributed by atoms with van der Waals surface area (Å²) in [4.78, 5) is 4.46. The summed E-state index contributed by atoms with van der Waals surface area (Å²) in [6, 6.07) is 5.89. The van der Waals surface area contributed by atoms with Gasteiger partial charge in [-0.1, -0.05) is 6.92 Å². The monoisotopic (exact) mass is 229 g/mol. The zero-order valence-electron chi connectivity index (χ0n) is 10.1. The summed E-state index contributed by atoms with van der Waals surface area (Å²) in [6.45, 7) is 2.15. The van der Waals surface area contributed by atoms with Crippen molar-refractivity contribution in [1.29, 1.82) is 0 Å². The number of hydrogen-bond donors (Lipinski definition) is 0. The van der Waals surface area contributed by atoms with Gasteiger partial charge in [0.25, 0.3) is 0 Å².